The quantitative estimate of drug-likeness (QED) is 0.379. The fourth-order valence-corrected chi connectivity index (χ4v) is 4.42. The fraction of sp³-hybridized carbons (Fsp3) is 0.364. The van der Waals surface area contributed by atoms with Crippen LogP contribution in [0.1, 0.15) is 34.6 Å². The van der Waals surface area contributed by atoms with Crippen molar-refractivity contribution in [1.82, 2.24) is 5.32 Å². The van der Waals surface area contributed by atoms with E-state index in [1.807, 2.05) is 0 Å². The maximum atomic E-state index is 14.0. The molecule has 0 saturated heterocycles. The van der Waals surface area contributed by atoms with Gasteiger partial charge in [-0.3, -0.25) is 4.79 Å². The van der Waals surface area contributed by atoms with Crippen molar-refractivity contribution in [2.45, 2.75) is 37.3 Å². The topological polar surface area (TPSA) is 50.7 Å². The number of carbonyl (C=O) groups excluding carboxylic acids is 1. The van der Waals surface area contributed by atoms with E-state index in [0.717, 1.165) is 6.07 Å². The Labute approximate surface area is 211 Å². The first-order chi connectivity index (χ1) is 16.3. The lowest BCUT2D eigenvalue weighted by molar-refractivity contribution is -0.176. The van der Waals surface area contributed by atoms with Crippen LogP contribution in [-0.4, -0.2) is 35.9 Å². The number of hydrogen-bond donors (Lipinski definition) is 1. The summed E-state index contributed by atoms with van der Waals surface area (Å²) in [6, 6.07) is 6.46. The second kappa shape index (κ2) is 10.9. The SMILES string of the molecule is CSCC(=O)NCc1ccc(C2=NOC(C(c3cc(Cl)cc(C(F)(F)F)c3)C(F)(F)F)C2)cc1Cl. The minimum absolute atomic E-state index is 0.155. The van der Waals surface area contributed by atoms with Gasteiger partial charge in [-0.25, -0.2) is 0 Å². The first kappa shape index (κ1) is 27.5. The predicted octanol–water partition coefficient (Wildman–Crippen LogP) is 6.83. The van der Waals surface area contributed by atoms with Crippen LogP contribution in [0.2, 0.25) is 10.0 Å². The Balaban J connectivity index is 1.81. The number of benzene rings is 2. The highest BCUT2D eigenvalue weighted by atomic mass is 35.5. The molecule has 0 aromatic heterocycles. The summed E-state index contributed by atoms with van der Waals surface area (Å²) in [7, 11) is 0. The van der Waals surface area contributed by atoms with Crippen LogP contribution in [0.25, 0.3) is 0 Å². The van der Waals surface area contributed by atoms with Crippen molar-refractivity contribution >= 4 is 46.6 Å². The smallest absolute Gasteiger partial charge is 0.391 e. The van der Waals surface area contributed by atoms with Gasteiger partial charge in [0.05, 0.1) is 17.0 Å². The molecule has 0 radical (unpaired) electrons. The maximum Gasteiger partial charge on any atom is 0.416 e. The van der Waals surface area contributed by atoms with Crippen molar-refractivity contribution < 1.29 is 36.0 Å². The molecule has 0 aliphatic carbocycles. The van der Waals surface area contributed by atoms with Gasteiger partial charge in [-0.2, -0.15) is 38.1 Å². The average molecular weight is 559 g/mol. The number of hydrogen-bond acceptors (Lipinski definition) is 4. The molecule has 1 N–H and O–H groups in total. The predicted molar refractivity (Wildman–Crippen MR) is 123 cm³/mol. The van der Waals surface area contributed by atoms with Gasteiger partial charge < -0.3 is 10.2 Å². The van der Waals surface area contributed by atoms with E-state index in [1.54, 1.807) is 18.4 Å². The summed E-state index contributed by atoms with van der Waals surface area (Å²) in [4.78, 5) is 16.7. The largest absolute Gasteiger partial charge is 0.416 e. The molecule has 4 nitrogen and oxygen atoms in total. The number of alkyl halides is 6. The highest BCUT2D eigenvalue weighted by Gasteiger charge is 2.50. The summed E-state index contributed by atoms with van der Waals surface area (Å²) in [5, 5.41) is 6.21. The van der Waals surface area contributed by atoms with Crippen LogP contribution in [0, 0.1) is 0 Å². The van der Waals surface area contributed by atoms with Crippen LogP contribution in [0.4, 0.5) is 26.3 Å². The minimum atomic E-state index is -4.93. The molecule has 0 spiro atoms. The monoisotopic (exact) mass is 558 g/mol. The third kappa shape index (κ3) is 6.98. The van der Waals surface area contributed by atoms with E-state index in [9.17, 15) is 31.1 Å². The lowest BCUT2D eigenvalue weighted by atomic mass is 9.88. The Kier molecular flexibility index (Phi) is 8.54. The highest BCUT2D eigenvalue weighted by molar-refractivity contribution is 7.99. The first-order valence-electron chi connectivity index (χ1n) is 10.0. The first-order valence-corrected chi connectivity index (χ1v) is 12.2. The van der Waals surface area contributed by atoms with Gasteiger partial charge in [-0.05, 0) is 41.6 Å². The summed E-state index contributed by atoms with van der Waals surface area (Å²) in [5.74, 6) is -2.30. The summed E-state index contributed by atoms with van der Waals surface area (Å²) in [5.41, 5.74) is -0.830. The number of halogens is 8. The van der Waals surface area contributed by atoms with E-state index >= 15 is 0 Å². The lowest BCUT2D eigenvalue weighted by Crippen LogP contribution is -2.32. The van der Waals surface area contributed by atoms with Crippen molar-refractivity contribution in [3.8, 4) is 0 Å². The zero-order valence-electron chi connectivity index (χ0n) is 17.9. The normalized spacial score (nSPS) is 17.1. The Bertz CT molecular complexity index is 1120. The Morgan fingerprint density at radius 2 is 1.89 bits per heavy atom. The van der Waals surface area contributed by atoms with Crippen molar-refractivity contribution in [2.24, 2.45) is 5.16 Å². The maximum absolute atomic E-state index is 14.0. The molecule has 0 saturated carbocycles. The number of nitrogens with zero attached hydrogens (tertiary/aromatic N) is 1. The summed E-state index contributed by atoms with van der Waals surface area (Å²) in [6.45, 7) is 0.163. The molecule has 1 heterocycles. The fourth-order valence-electron chi connectivity index (χ4n) is 3.56. The van der Waals surface area contributed by atoms with Crippen molar-refractivity contribution in [3.63, 3.8) is 0 Å². The van der Waals surface area contributed by atoms with E-state index in [-0.39, 0.29) is 35.4 Å². The molecular weight excluding hydrogens is 541 g/mol. The van der Waals surface area contributed by atoms with Crippen molar-refractivity contribution in [2.75, 3.05) is 12.0 Å². The van der Waals surface area contributed by atoms with Crippen molar-refractivity contribution in [3.05, 3.63) is 68.7 Å². The Morgan fingerprint density at radius 1 is 1.17 bits per heavy atom. The molecule has 3 rings (SSSR count). The van der Waals surface area contributed by atoms with Crippen LogP contribution in [0.3, 0.4) is 0 Å². The summed E-state index contributed by atoms with van der Waals surface area (Å²) in [6.07, 6.45) is -9.95. The zero-order chi connectivity index (χ0) is 26.0. The molecule has 2 unspecified atom stereocenters. The van der Waals surface area contributed by atoms with Crippen LogP contribution in [0.15, 0.2) is 41.6 Å². The van der Waals surface area contributed by atoms with Gasteiger partial charge in [-0.15, -0.1) is 0 Å². The molecule has 2 aromatic carbocycles. The van der Waals surface area contributed by atoms with E-state index in [1.165, 1.54) is 17.8 Å². The van der Waals surface area contributed by atoms with Crippen molar-refractivity contribution in [1.29, 1.82) is 0 Å². The van der Waals surface area contributed by atoms with Gasteiger partial charge in [-0.1, -0.05) is 40.5 Å². The molecule has 190 valence electrons. The lowest BCUT2D eigenvalue weighted by Gasteiger charge is -2.25. The van der Waals surface area contributed by atoms with Gasteiger partial charge in [0.25, 0.3) is 0 Å². The van der Waals surface area contributed by atoms with Gasteiger partial charge in [0.15, 0.2) is 0 Å². The molecule has 1 amide bonds. The van der Waals surface area contributed by atoms with Crippen LogP contribution in [-0.2, 0) is 22.4 Å². The number of rotatable bonds is 7. The Morgan fingerprint density at radius 3 is 2.49 bits per heavy atom. The van der Waals surface area contributed by atoms with Gasteiger partial charge in [0.2, 0.25) is 5.91 Å². The molecule has 0 fully saturated rings. The summed E-state index contributed by atoms with van der Waals surface area (Å²) < 4.78 is 81.3. The molecule has 2 atom stereocenters. The number of oxime groups is 1. The van der Waals surface area contributed by atoms with Gasteiger partial charge in [0, 0.05) is 28.6 Å². The second-order valence-electron chi connectivity index (χ2n) is 7.69. The third-order valence-corrected chi connectivity index (χ3v) is 6.28. The third-order valence-electron chi connectivity index (χ3n) is 5.16. The molecule has 1 aliphatic heterocycles. The molecular formula is C22H18Cl2F6N2O2S. The number of nitrogens with one attached hydrogen (secondary N) is 1. The Hall–Kier alpha value is -2.11. The second-order valence-corrected chi connectivity index (χ2v) is 9.40. The zero-order valence-corrected chi connectivity index (χ0v) is 20.3. The van der Waals surface area contributed by atoms with Crippen LogP contribution >= 0.6 is 35.0 Å². The van der Waals surface area contributed by atoms with Crippen LogP contribution in [0.5, 0.6) is 0 Å². The molecule has 1 aliphatic rings. The molecule has 0 bridgehead atoms. The van der Waals surface area contributed by atoms with Crippen LogP contribution < -0.4 is 5.32 Å². The van der Waals surface area contributed by atoms with Gasteiger partial charge in [0.1, 0.15) is 12.0 Å². The number of thioether (sulfide) groups is 1. The standard InChI is InChI=1S/C22H18Cl2F6N2O2S/c1-35-10-19(33)31-9-12-3-2-11(6-16(12)24)17-8-18(34-32-17)20(22(28,29)30)13-4-14(21(25,26)27)7-15(23)5-13/h2-7,18,20H,8-10H2,1H3,(H,31,33). The molecule has 2 aromatic rings. The minimum Gasteiger partial charge on any atom is -0.391 e. The van der Waals surface area contributed by atoms with Gasteiger partial charge >= 0.3 is 12.4 Å². The number of amides is 1. The summed E-state index contributed by atoms with van der Waals surface area (Å²) >= 11 is 13.3. The average Bonchev–Trinajstić information content (AvgIpc) is 3.20. The highest BCUT2D eigenvalue weighted by Crippen LogP contribution is 2.44. The molecule has 35 heavy (non-hydrogen) atoms. The van der Waals surface area contributed by atoms with E-state index in [4.69, 9.17) is 28.0 Å². The van der Waals surface area contributed by atoms with E-state index in [2.05, 4.69) is 10.5 Å². The molecule has 13 heteroatoms. The number of carbonyl (C=O) groups is 1. The van der Waals surface area contributed by atoms with E-state index < -0.39 is 40.5 Å². The van der Waals surface area contributed by atoms with E-state index in [0.29, 0.717) is 23.3 Å².